The number of rotatable bonds is 5. The van der Waals surface area contributed by atoms with E-state index in [1.54, 1.807) is 36.4 Å². The maximum absolute atomic E-state index is 12.4. The highest BCUT2D eigenvalue weighted by Crippen LogP contribution is 2.21. The summed E-state index contributed by atoms with van der Waals surface area (Å²) in [5, 5.41) is 18.8. The highest BCUT2D eigenvalue weighted by Gasteiger charge is 2.21. The van der Waals surface area contributed by atoms with E-state index in [9.17, 15) is 9.90 Å². The predicted molar refractivity (Wildman–Crippen MR) is 76.1 cm³/mol. The predicted octanol–water partition coefficient (Wildman–Crippen LogP) is 3.06. The molecule has 0 spiro atoms. The Bertz CT molecular complexity index is 629. The van der Waals surface area contributed by atoms with Crippen molar-refractivity contribution in [2.75, 3.05) is 0 Å². The van der Waals surface area contributed by atoms with Crippen molar-refractivity contribution >= 4 is 5.78 Å². The Balaban J connectivity index is 2.27. The molecule has 0 aliphatic rings. The number of aliphatic hydroxyl groups excluding tert-OH is 1. The van der Waals surface area contributed by atoms with Gasteiger partial charge in [0.25, 0.3) is 0 Å². The molecule has 0 fully saturated rings. The van der Waals surface area contributed by atoms with Crippen LogP contribution < -0.4 is 0 Å². The van der Waals surface area contributed by atoms with Crippen LogP contribution in [0.15, 0.2) is 54.6 Å². The molecule has 1 atom stereocenters. The van der Waals surface area contributed by atoms with Gasteiger partial charge in [-0.25, -0.2) is 0 Å². The van der Waals surface area contributed by atoms with E-state index >= 15 is 0 Å². The van der Waals surface area contributed by atoms with Gasteiger partial charge in [-0.3, -0.25) is 4.79 Å². The standard InChI is InChI=1S/C17H15NO2/c18-12-6-10-13-7-4-5-11-15(13)17(20)16(19)14-8-2-1-3-9-14/h1-5,7-9,11,16,19H,6,10H2. The van der Waals surface area contributed by atoms with E-state index in [1.165, 1.54) is 0 Å². The number of hydrogen-bond acceptors (Lipinski definition) is 3. The fraction of sp³-hybridized carbons (Fsp3) is 0.176. The molecule has 0 radical (unpaired) electrons. The first-order chi connectivity index (χ1) is 9.74. The van der Waals surface area contributed by atoms with E-state index in [0.717, 1.165) is 5.56 Å². The molecule has 0 aromatic heterocycles. The molecular formula is C17H15NO2. The number of carbonyl (C=O) groups excluding carboxylic acids is 1. The fourth-order valence-electron chi connectivity index (χ4n) is 2.10. The van der Waals surface area contributed by atoms with E-state index in [-0.39, 0.29) is 5.78 Å². The summed E-state index contributed by atoms with van der Waals surface area (Å²) >= 11 is 0. The number of carbonyl (C=O) groups is 1. The van der Waals surface area contributed by atoms with Crippen molar-refractivity contribution in [3.8, 4) is 6.07 Å². The Morgan fingerprint density at radius 1 is 1.10 bits per heavy atom. The molecule has 2 rings (SSSR count). The summed E-state index contributed by atoms with van der Waals surface area (Å²) in [6, 6.07) is 18.0. The van der Waals surface area contributed by atoms with Crippen LogP contribution >= 0.6 is 0 Å². The molecule has 100 valence electrons. The molecular weight excluding hydrogens is 250 g/mol. The average Bonchev–Trinajstić information content (AvgIpc) is 2.52. The van der Waals surface area contributed by atoms with Crippen LogP contribution in [-0.2, 0) is 6.42 Å². The molecule has 0 saturated carbocycles. The van der Waals surface area contributed by atoms with Crippen LogP contribution in [0.3, 0.4) is 0 Å². The average molecular weight is 265 g/mol. The van der Waals surface area contributed by atoms with E-state index < -0.39 is 6.10 Å². The molecule has 3 heteroatoms. The summed E-state index contributed by atoms with van der Waals surface area (Å²) in [5.41, 5.74) is 1.86. The van der Waals surface area contributed by atoms with Crippen LogP contribution in [0, 0.1) is 11.3 Å². The van der Waals surface area contributed by atoms with Crippen molar-refractivity contribution < 1.29 is 9.90 Å². The first kappa shape index (κ1) is 14.0. The Morgan fingerprint density at radius 3 is 2.45 bits per heavy atom. The van der Waals surface area contributed by atoms with Crippen LogP contribution in [0.25, 0.3) is 0 Å². The molecule has 1 unspecified atom stereocenters. The number of benzene rings is 2. The van der Waals surface area contributed by atoms with Crippen LogP contribution in [0.2, 0.25) is 0 Å². The van der Waals surface area contributed by atoms with Crippen molar-refractivity contribution in [1.29, 1.82) is 5.26 Å². The quantitative estimate of drug-likeness (QED) is 0.845. The largest absolute Gasteiger partial charge is 0.380 e. The highest BCUT2D eigenvalue weighted by atomic mass is 16.3. The molecule has 0 amide bonds. The van der Waals surface area contributed by atoms with E-state index in [2.05, 4.69) is 6.07 Å². The van der Waals surface area contributed by atoms with Crippen molar-refractivity contribution in [3.05, 3.63) is 71.3 Å². The van der Waals surface area contributed by atoms with Gasteiger partial charge in [0.05, 0.1) is 6.07 Å². The Hall–Kier alpha value is -2.44. The van der Waals surface area contributed by atoms with Crippen LogP contribution in [0.4, 0.5) is 0 Å². The minimum absolute atomic E-state index is 0.329. The molecule has 3 nitrogen and oxygen atoms in total. The van der Waals surface area contributed by atoms with Gasteiger partial charge in [-0.1, -0.05) is 54.6 Å². The first-order valence-electron chi connectivity index (χ1n) is 6.46. The van der Waals surface area contributed by atoms with Crippen LogP contribution in [0.5, 0.6) is 0 Å². The molecule has 2 aromatic carbocycles. The maximum Gasteiger partial charge on any atom is 0.196 e. The molecule has 0 aliphatic carbocycles. The lowest BCUT2D eigenvalue weighted by molar-refractivity contribution is 0.0746. The summed E-state index contributed by atoms with van der Waals surface area (Å²) in [6.07, 6.45) is -0.300. The summed E-state index contributed by atoms with van der Waals surface area (Å²) in [4.78, 5) is 12.4. The highest BCUT2D eigenvalue weighted by molar-refractivity contribution is 6.01. The number of nitriles is 1. The number of aliphatic hydroxyl groups is 1. The van der Waals surface area contributed by atoms with Crippen LogP contribution in [-0.4, -0.2) is 10.9 Å². The van der Waals surface area contributed by atoms with E-state index in [0.29, 0.717) is 24.0 Å². The number of ketones is 1. The zero-order valence-corrected chi connectivity index (χ0v) is 11.0. The Morgan fingerprint density at radius 2 is 1.75 bits per heavy atom. The van der Waals surface area contributed by atoms with Crippen molar-refractivity contribution in [1.82, 2.24) is 0 Å². The fourth-order valence-corrected chi connectivity index (χ4v) is 2.10. The summed E-state index contributed by atoms with van der Waals surface area (Å²) in [6.45, 7) is 0. The third-order valence-electron chi connectivity index (χ3n) is 3.15. The number of aryl methyl sites for hydroxylation is 1. The Kier molecular flexibility index (Phi) is 4.65. The van der Waals surface area contributed by atoms with E-state index in [1.807, 2.05) is 18.2 Å². The second-order valence-corrected chi connectivity index (χ2v) is 4.49. The normalized spacial score (nSPS) is 11.6. The van der Waals surface area contributed by atoms with Crippen molar-refractivity contribution in [2.45, 2.75) is 18.9 Å². The van der Waals surface area contributed by atoms with Gasteiger partial charge in [-0.05, 0) is 17.5 Å². The topological polar surface area (TPSA) is 61.1 Å². The van der Waals surface area contributed by atoms with Crippen LogP contribution in [0.1, 0.15) is 34.0 Å². The van der Waals surface area contributed by atoms with Gasteiger partial charge in [0.2, 0.25) is 0 Å². The first-order valence-corrected chi connectivity index (χ1v) is 6.46. The molecule has 1 N–H and O–H groups in total. The van der Waals surface area contributed by atoms with Gasteiger partial charge in [0.15, 0.2) is 5.78 Å². The van der Waals surface area contributed by atoms with E-state index in [4.69, 9.17) is 5.26 Å². The number of hydrogen-bond donors (Lipinski definition) is 1. The molecule has 0 saturated heterocycles. The minimum atomic E-state index is -1.17. The summed E-state index contributed by atoms with van der Waals surface area (Å²) in [5.74, 6) is -0.329. The third-order valence-corrected chi connectivity index (χ3v) is 3.15. The third kappa shape index (κ3) is 3.11. The monoisotopic (exact) mass is 265 g/mol. The molecule has 0 aliphatic heterocycles. The molecule has 0 heterocycles. The lowest BCUT2D eigenvalue weighted by Crippen LogP contribution is -2.14. The molecule has 20 heavy (non-hydrogen) atoms. The van der Waals surface area contributed by atoms with Gasteiger partial charge >= 0.3 is 0 Å². The van der Waals surface area contributed by atoms with Gasteiger partial charge in [0, 0.05) is 12.0 Å². The summed E-state index contributed by atoms with van der Waals surface area (Å²) < 4.78 is 0. The zero-order chi connectivity index (χ0) is 14.4. The molecule has 2 aromatic rings. The maximum atomic E-state index is 12.4. The summed E-state index contributed by atoms with van der Waals surface area (Å²) in [7, 11) is 0. The van der Waals surface area contributed by atoms with Gasteiger partial charge in [-0.15, -0.1) is 0 Å². The van der Waals surface area contributed by atoms with Crippen molar-refractivity contribution in [3.63, 3.8) is 0 Å². The zero-order valence-electron chi connectivity index (χ0n) is 11.0. The SMILES string of the molecule is N#CCCc1ccccc1C(=O)C(O)c1ccccc1. The lowest BCUT2D eigenvalue weighted by atomic mass is 9.94. The van der Waals surface area contributed by atoms with Gasteiger partial charge in [-0.2, -0.15) is 5.26 Å². The molecule has 0 bridgehead atoms. The lowest BCUT2D eigenvalue weighted by Gasteiger charge is -2.12. The Labute approximate surface area is 118 Å². The van der Waals surface area contributed by atoms with Gasteiger partial charge in [0.1, 0.15) is 6.10 Å². The number of Topliss-reactive ketones (excluding diaryl/α,β-unsaturated/α-hetero) is 1. The van der Waals surface area contributed by atoms with Crippen molar-refractivity contribution in [2.24, 2.45) is 0 Å². The second-order valence-electron chi connectivity index (χ2n) is 4.49. The second kappa shape index (κ2) is 6.65. The number of nitrogens with zero attached hydrogens (tertiary/aromatic N) is 1. The smallest absolute Gasteiger partial charge is 0.196 e. The minimum Gasteiger partial charge on any atom is -0.380 e. The van der Waals surface area contributed by atoms with Gasteiger partial charge < -0.3 is 5.11 Å².